The number of nitrogens with two attached hydrogens (primary N) is 2. The summed E-state index contributed by atoms with van der Waals surface area (Å²) in [7, 11) is 1.24. The van der Waals surface area contributed by atoms with Gasteiger partial charge < -0.3 is 30.4 Å². The minimum Gasteiger partial charge on any atom is -0.465 e. The average molecular weight is 462 g/mol. The number of hydrogen-bond donors (Lipinski definition) is 2. The number of rotatable bonds is 7. The predicted octanol–water partition coefficient (Wildman–Crippen LogP) is 1.64. The Morgan fingerprint density at radius 1 is 0.667 bits per heavy atom. The normalized spacial score (nSPS) is 9.70. The number of ether oxygens (including phenoxy) is 4. The number of anilines is 2. The molecule has 0 unspecified atom stereocenters. The first-order chi connectivity index (χ1) is 15.7. The number of nitrogen functional groups attached to an aromatic ring is 2. The number of pyridine rings is 2. The number of methoxy groups -OCH3 is 1. The maximum Gasteiger partial charge on any atom is 0.356 e. The van der Waals surface area contributed by atoms with Crippen LogP contribution in [0.15, 0.2) is 24.3 Å². The molecule has 0 saturated heterocycles. The lowest BCUT2D eigenvalue weighted by Crippen LogP contribution is -2.13. The Hall–Kier alpha value is -4.22. The van der Waals surface area contributed by atoms with Gasteiger partial charge in [-0.2, -0.15) is 0 Å². The van der Waals surface area contributed by atoms with Gasteiger partial charge in [0.15, 0.2) is 11.4 Å². The molecule has 0 aliphatic rings. The Morgan fingerprint density at radius 3 is 1.36 bits per heavy atom. The molecule has 0 aliphatic heterocycles. The highest BCUT2D eigenvalue weighted by atomic mass is 16.5. The molecule has 33 heavy (non-hydrogen) atoms. The monoisotopic (exact) mass is 462 g/mol. The minimum atomic E-state index is -0.597. The molecule has 0 bridgehead atoms. The summed E-state index contributed by atoms with van der Waals surface area (Å²) in [6.45, 7) is 5.81. The number of aromatic nitrogens is 2. The van der Waals surface area contributed by atoms with Crippen LogP contribution in [0.1, 0.15) is 62.5 Å². The predicted molar refractivity (Wildman–Crippen MR) is 117 cm³/mol. The first kappa shape index (κ1) is 26.8. The molecule has 0 aromatic carbocycles. The van der Waals surface area contributed by atoms with Gasteiger partial charge in [0.25, 0.3) is 0 Å². The SMILES string of the molecule is CCOC(=O)c1ccc(C(=O)OC)c(N)n1.CCOC(=O)c1ccc(C(=O)OCC)c(N)n1. The minimum absolute atomic E-state index is 0.0472. The molecule has 0 amide bonds. The molecule has 178 valence electrons. The van der Waals surface area contributed by atoms with Gasteiger partial charge in [-0.15, -0.1) is 0 Å². The van der Waals surface area contributed by atoms with Crippen molar-refractivity contribution in [1.29, 1.82) is 0 Å². The van der Waals surface area contributed by atoms with Crippen LogP contribution in [-0.2, 0) is 18.9 Å². The fourth-order valence-corrected chi connectivity index (χ4v) is 2.25. The van der Waals surface area contributed by atoms with Gasteiger partial charge in [0.1, 0.15) is 22.8 Å². The number of carbonyl (C=O) groups excluding carboxylic acids is 4. The summed E-state index contributed by atoms with van der Waals surface area (Å²) in [5.74, 6) is -2.42. The second kappa shape index (κ2) is 13.2. The molecule has 0 atom stereocenters. The van der Waals surface area contributed by atoms with Gasteiger partial charge in [-0.05, 0) is 45.0 Å². The van der Waals surface area contributed by atoms with Crippen LogP contribution in [-0.4, -0.2) is 60.8 Å². The maximum absolute atomic E-state index is 11.4. The number of esters is 4. The van der Waals surface area contributed by atoms with E-state index in [0.29, 0.717) is 0 Å². The molecule has 2 heterocycles. The lowest BCUT2D eigenvalue weighted by atomic mass is 10.2. The largest absolute Gasteiger partial charge is 0.465 e. The summed E-state index contributed by atoms with van der Waals surface area (Å²) in [4.78, 5) is 52.8. The third kappa shape index (κ3) is 7.76. The summed E-state index contributed by atoms with van der Waals surface area (Å²) in [5, 5.41) is 0. The Morgan fingerprint density at radius 2 is 1.03 bits per heavy atom. The van der Waals surface area contributed by atoms with E-state index in [0.717, 1.165) is 0 Å². The first-order valence-corrected chi connectivity index (χ1v) is 9.82. The second-order valence-electron chi connectivity index (χ2n) is 5.91. The van der Waals surface area contributed by atoms with E-state index in [1.54, 1.807) is 20.8 Å². The van der Waals surface area contributed by atoms with Gasteiger partial charge >= 0.3 is 23.9 Å². The molecule has 0 radical (unpaired) electrons. The van der Waals surface area contributed by atoms with Crippen LogP contribution in [0.25, 0.3) is 0 Å². The molecule has 12 nitrogen and oxygen atoms in total. The van der Waals surface area contributed by atoms with Crippen molar-refractivity contribution in [2.75, 3.05) is 38.4 Å². The molecule has 4 N–H and O–H groups in total. The van der Waals surface area contributed by atoms with Gasteiger partial charge in [0.2, 0.25) is 0 Å². The van der Waals surface area contributed by atoms with Gasteiger partial charge in [-0.25, -0.2) is 29.1 Å². The zero-order chi connectivity index (χ0) is 25.0. The van der Waals surface area contributed by atoms with Crippen LogP contribution in [0.4, 0.5) is 11.6 Å². The maximum atomic E-state index is 11.4. The molecule has 2 aromatic heterocycles. The fraction of sp³-hybridized carbons (Fsp3) is 0.333. The van der Waals surface area contributed by atoms with E-state index in [1.807, 2.05) is 0 Å². The summed E-state index contributed by atoms with van der Waals surface area (Å²) in [5.41, 5.74) is 11.5. The highest BCUT2D eigenvalue weighted by molar-refractivity contribution is 5.96. The van der Waals surface area contributed by atoms with Crippen molar-refractivity contribution >= 4 is 35.5 Å². The van der Waals surface area contributed by atoms with Crippen molar-refractivity contribution in [2.24, 2.45) is 0 Å². The van der Waals surface area contributed by atoms with E-state index in [1.165, 1.54) is 31.4 Å². The standard InChI is InChI=1S/C11H14N2O4.C10H12N2O4/c1-3-16-10(14)7-5-6-8(13-9(7)12)11(15)17-4-2;1-3-16-10(14)7-5-4-6(8(11)12-7)9(13)15-2/h5-6H,3-4H2,1-2H3,(H2,12,13);4-5H,3H2,1-2H3,(H2,11,12). The van der Waals surface area contributed by atoms with Crippen LogP contribution in [0, 0.1) is 0 Å². The molecule has 0 aliphatic carbocycles. The van der Waals surface area contributed by atoms with Crippen molar-refractivity contribution in [1.82, 2.24) is 9.97 Å². The van der Waals surface area contributed by atoms with E-state index in [9.17, 15) is 19.2 Å². The molecule has 2 aromatic rings. The molecule has 0 saturated carbocycles. The smallest absolute Gasteiger partial charge is 0.356 e. The van der Waals surface area contributed by atoms with Crippen molar-refractivity contribution in [3.05, 3.63) is 46.8 Å². The Labute approximate surface area is 190 Å². The van der Waals surface area contributed by atoms with E-state index in [-0.39, 0.29) is 54.0 Å². The van der Waals surface area contributed by atoms with Crippen LogP contribution < -0.4 is 11.5 Å². The summed E-state index contributed by atoms with van der Waals surface area (Å²) in [6, 6.07) is 5.51. The van der Waals surface area contributed by atoms with Crippen molar-refractivity contribution < 1.29 is 38.1 Å². The zero-order valence-corrected chi connectivity index (χ0v) is 18.7. The summed E-state index contributed by atoms with van der Waals surface area (Å²) >= 11 is 0. The van der Waals surface area contributed by atoms with Crippen molar-refractivity contribution in [3.8, 4) is 0 Å². The molecule has 12 heteroatoms. The number of hydrogen-bond acceptors (Lipinski definition) is 12. The third-order valence-corrected chi connectivity index (χ3v) is 3.72. The van der Waals surface area contributed by atoms with Crippen LogP contribution in [0.2, 0.25) is 0 Å². The quantitative estimate of drug-likeness (QED) is 0.448. The van der Waals surface area contributed by atoms with Crippen LogP contribution >= 0.6 is 0 Å². The average Bonchev–Trinajstić information content (AvgIpc) is 2.79. The van der Waals surface area contributed by atoms with Gasteiger partial charge in [0.05, 0.1) is 26.9 Å². The van der Waals surface area contributed by atoms with Gasteiger partial charge in [0, 0.05) is 0 Å². The van der Waals surface area contributed by atoms with E-state index in [2.05, 4.69) is 14.7 Å². The lowest BCUT2D eigenvalue weighted by molar-refractivity contribution is 0.0506. The molecule has 2 rings (SSSR count). The number of carbonyl (C=O) groups is 4. The molecular weight excluding hydrogens is 436 g/mol. The van der Waals surface area contributed by atoms with Gasteiger partial charge in [-0.1, -0.05) is 0 Å². The summed E-state index contributed by atoms with van der Waals surface area (Å²) < 4.78 is 18.8. The third-order valence-electron chi connectivity index (χ3n) is 3.72. The topological polar surface area (TPSA) is 183 Å². The second-order valence-corrected chi connectivity index (χ2v) is 5.91. The van der Waals surface area contributed by atoms with Crippen LogP contribution in [0.5, 0.6) is 0 Å². The number of nitrogens with zero attached hydrogens (tertiary/aromatic N) is 2. The highest BCUT2D eigenvalue weighted by Crippen LogP contribution is 2.13. The highest BCUT2D eigenvalue weighted by Gasteiger charge is 2.16. The van der Waals surface area contributed by atoms with Crippen LogP contribution in [0.3, 0.4) is 0 Å². The van der Waals surface area contributed by atoms with E-state index < -0.39 is 23.9 Å². The zero-order valence-electron chi connectivity index (χ0n) is 18.7. The Bertz CT molecular complexity index is 1010. The first-order valence-electron chi connectivity index (χ1n) is 9.82. The molecule has 0 spiro atoms. The molecular formula is C21H26N4O8. The lowest BCUT2D eigenvalue weighted by Gasteiger charge is -2.06. The van der Waals surface area contributed by atoms with Crippen molar-refractivity contribution in [2.45, 2.75) is 20.8 Å². The van der Waals surface area contributed by atoms with E-state index >= 15 is 0 Å². The Balaban J connectivity index is 0.000000331. The summed E-state index contributed by atoms with van der Waals surface area (Å²) in [6.07, 6.45) is 0. The van der Waals surface area contributed by atoms with Gasteiger partial charge in [-0.3, -0.25) is 0 Å². The molecule has 0 fully saturated rings. The fourth-order valence-electron chi connectivity index (χ4n) is 2.25. The van der Waals surface area contributed by atoms with Crippen molar-refractivity contribution in [3.63, 3.8) is 0 Å². The Kier molecular flexibility index (Phi) is 10.8. The van der Waals surface area contributed by atoms with E-state index in [4.69, 9.17) is 25.7 Å².